The summed E-state index contributed by atoms with van der Waals surface area (Å²) in [6, 6.07) is 21.4. The van der Waals surface area contributed by atoms with Crippen LogP contribution in [0.1, 0.15) is 27.0 Å². The van der Waals surface area contributed by atoms with Crippen molar-refractivity contribution in [3.63, 3.8) is 0 Å². The molecule has 0 unspecified atom stereocenters. The average Bonchev–Trinajstić information content (AvgIpc) is 3.16. The van der Waals surface area contributed by atoms with E-state index >= 15 is 0 Å². The second-order valence-electron chi connectivity index (χ2n) is 7.03. The van der Waals surface area contributed by atoms with Crippen LogP contribution < -0.4 is 9.64 Å². The molecule has 0 bridgehead atoms. The van der Waals surface area contributed by atoms with Gasteiger partial charge in [0.15, 0.2) is 5.13 Å². The first kappa shape index (κ1) is 19.2. The Morgan fingerprint density at radius 2 is 1.76 bits per heavy atom. The van der Waals surface area contributed by atoms with Gasteiger partial charge in [0.05, 0.1) is 23.9 Å². The van der Waals surface area contributed by atoms with E-state index in [0.29, 0.717) is 17.2 Å². The van der Waals surface area contributed by atoms with Crippen molar-refractivity contribution < 1.29 is 9.53 Å². The van der Waals surface area contributed by atoms with E-state index in [-0.39, 0.29) is 5.91 Å². The normalized spacial score (nSPS) is 10.9. The standard InChI is InChI=1S/C24H22N2O2S/c1-16-13-17(2)22-21(14-16)25-24(29-22)26(15-18-7-5-4-6-8-18)23(27)19-9-11-20(28-3)12-10-19/h4-14H,15H2,1-3H3. The van der Waals surface area contributed by atoms with E-state index in [2.05, 4.69) is 26.0 Å². The van der Waals surface area contributed by atoms with Gasteiger partial charge in [-0.25, -0.2) is 4.98 Å². The topological polar surface area (TPSA) is 42.4 Å². The molecule has 4 aromatic rings. The third kappa shape index (κ3) is 4.00. The number of thiazole rings is 1. The van der Waals surface area contributed by atoms with Gasteiger partial charge in [-0.15, -0.1) is 0 Å². The summed E-state index contributed by atoms with van der Waals surface area (Å²) in [6.45, 7) is 4.61. The fourth-order valence-electron chi connectivity index (χ4n) is 3.36. The largest absolute Gasteiger partial charge is 0.497 e. The van der Waals surface area contributed by atoms with Gasteiger partial charge in [0.2, 0.25) is 0 Å². The van der Waals surface area contributed by atoms with Crippen LogP contribution in [0.15, 0.2) is 66.7 Å². The first-order valence-corrected chi connectivity index (χ1v) is 10.2. The van der Waals surface area contributed by atoms with Crippen molar-refractivity contribution in [1.29, 1.82) is 0 Å². The van der Waals surface area contributed by atoms with Crippen LogP contribution in [0.3, 0.4) is 0 Å². The number of methoxy groups -OCH3 is 1. The lowest BCUT2D eigenvalue weighted by atomic mass is 10.1. The molecule has 1 amide bonds. The number of nitrogens with zero attached hydrogens (tertiary/aromatic N) is 2. The minimum atomic E-state index is -0.0788. The van der Waals surface area contributed by atoms with Crippen molar-refractivity contribution in [3.8, 4) is 5.75 Å². The van der Waals surface area contributed by atoms with Gasteiger partial charge in [-0.2, -0.15) is 0 Å². The number of rotatable bonds is 5. The monoisotopic (exact) mass is 402 g/mol. The zero-order valence-electron chi connectivity index (χ0n) is 16.7. The molecule has 0 aliphatic carbocycles. The summed E-state index contributed by atoms with van der Waals surface area (Å²) >= 11 is 1.56. The van der Waals surface area contributed by atoms with Crippen molar-refractivity contribution in [2.45, 2.75) is 20.4 Å². The lowest BCUT2D eigenvalue weighted by molar-refractivity contribution is 0.0985. The van der Waals surface area contributed by atoms with E-state index in [1.807, 2.05) is 30.3 Å². The number of benzene rings is 3. The van der Waals surface area contributed by atoms with Crippen LogP contribution in [0.25, 0.3) is 10.2 Å². The molecule has 0 saturated heterocycles. The van der Waals surface area contributed by atoms with Crippen LogP contribution in [0.4, 0.5) is 5.13 Å². The number of aromatic nitrogens is 1. The summed E-state index contributed by atoms with van der Waals surface area (Å²) < 4.78 is 6.34. The number of hydrogen-bond donors (Lipinski definition) is 0. The van der Waals surface area contributed by atoms with E-state index < -0.39 is 0 Å². The van der Waals surface area contributed by atoms with Gasteiger partial charge in [0, 0.05) is 5.56 Å². The molecule has 29 heavy (non-hydrogen) atoms. The van der Waals surface area contributed by atoms with E-state index in [9.17, 15) is 4.79 Å². The third-order valence-corrected chi connectivity index (χ3v) is 6.03. The van der Waals surface area contributed by atoms with Crippen molar-refractivity contribution in [2.75, 3.05) is 12.0 Å². The highest BCUT2D eigenvalue weighted by atomic mass is 32.1. The Labute approximate surface area is 174 Å². The first-order chi connectivity index (χ1) is 14.0. The lowest BCUT2D eigenvalue weighted by Crippen LogP contribution is -2.30. The summed E-state index contributed by atoms with van der Waals surface area (Å²) in [6.07, 6.45) is 0. The molecule has 1 heterocycles. The molecule has 1 aromatic heterocycles. The maximum Gasteiger partial charge on any atom is 0.260 e. The number of anilines is 1. The van der Waals surface area contributed by atoms with Crippen LogP contribution in [0.5, 0.6) is 5.75 Å². The summed E-state index contributed by atoms with van der Waals surface area (Å²) in [5.74, 6) is 0.646. The molecule has 0 saturated carbocycles. The van der Waals surface area contributed by atoms with Gasteiger partial charge in [0.1, 0.15) is 5.75 Å². The number of carbonyl (C=O) groups is 1. The summed E-state index contributed by atoms with van der Waals surface area (Å²) in [5, 5.41) is 0.707. The molecule has 0 N–H and O–H groups in total. The Balaban J connectivity index is 1.77. The predicted molar refractivity (Wildman–Crippen MR) is 119 cm³/mol. The van der Waals surface area contributed by atoms with E-state index in [4.69, 9.17) is 9.72 Å². The molecular weight excluding hydrogens is 380 g/mol. The highest BCUT2D eigenvalue weighted by Crippen LogP contribution is 2.33. The second kappa shape index (κ2) is 8.05. The number of carbonyl (C=O) groups excluding carboxylic acids is 1. The zero-order valence-corrected chi connectivity index (χ0v) is 17.5. The first-order valence-electron chi connectivity index (χ1n) is 9.43. The Bertz CT molecular complexity index is 1150. The van der Waals surface area contributed by atoms with Crippen LogP contribution in [0, 0.1) is 13.8 Å². The van der Waals surface area contributed by atoms with Crippen molar-refractivity contribution in [1.82, 2.24) is 4.98 Å². The molecule has 4 nitrogen and oxygen atoms in total. The van der Waals surface area contributed by atoms with Crippen LogP contribution in [0.2, 0.25) is 0 Å². The average molecular weight is 403 g/mol. The Morgan fingerprint density at radius 3 is 2.45 bits per heavy atom. The Hall–Kier alpha value is -3.18. The fraction of sp³-hybridized carbons (Fsp3) is 0.167. The smallest absolute Gasteiger partial charge is 0.260 e. The SMILES string of the molecule is COc1ccc(C(=O)N(Cc2ccccc2)c2nc3cc(C)cc(C)c3s2)cc1. The molecule has 0 spiro atoms. The maximum absolute atomic E-state index is 13.4. The Kier molecular flexibility index (Phi) is 5.32. The molecule has 3 aromatic carbocycles. The molecule has 146 valence electrons. The number of fused-ring (bicyclic) bond motifs is 1. The third-order valence-electron chi connectivity index (χ3n) is 4.81. The van der Waals surface area contributed by atoms with E-state index in [1.54, 1.807) is 47.6 Å². The van der Waals surface area contributed by atoms with Gasteiger partial charge < -0.3 is 4.74 Å². The molecule has 4 rings (SSSR count). The number of ether oxygens (including phenoxy) is 1. The highest BCUT2D eigenvalue weighted by molar-refractivity contribution is 7.22. The van der Waals surface area contributed by atoms with Crippen molar-refractivity contribution >= 4 is 32.6 Å². The van der Waals surface area contributed by atoms with Crippen molar-refractivity contribution in [2.24, 2.45) is 0 Å². The summed E-state index contributed by atoms with van der Waals surface area (Å²) in [4.78, 5) is 20.0. The molecule has 0 fully saturated rings. The second-order valence-corrected chi connectivity index (χ2v) is 8.01. The molecule has 0 aliphatic heterocycles. The zero-order chi connectivity index (χ0) is 20.4. The highest BCUT2D eigenvalue weighted by Gasteiger charge is 2.22. The molecule has 0 radical (unpaired) electrons. The number of hydrogen-bond acceptors (Lipinski definition) is 4. The molecule has 5 heteroatoms. The van der Waals surface area contributed by atoms with E-state index in [1.165, 1.54) is 11.1 Å². The minimum absolute atomic E-state index is 0.0788. The van der Waals surface area contributed by atoms with Gasteiger partial charge in [-0.1, -0.05) is 47.7 Å². The predicted octanol–water partition coefficient (Wildman–Crippen LogP) is 5.77. The summed E-state index contributed by atoms with van der Waals surface area (Å²) in [7, 11) is 1.62. The number of aryl methyl sites for hydroxylation is 2. The van der Waals surface area contributed by atoms with Gasteiger partial charge in [0.25, 0.3) is 5.91 Å². The minimum Gasteiger partial charge on any atom is -0.497 e. The van der Waals surface area contributed by atoms with Gasteiger partial charge in [-0.3, -0.25) is 9.69 Å². The Morgan fingerprint density at radius 1 is 1.03 bits per heavy atom. The van der Waals surface area contributed by atoms with Crippen LogP contribution >= 0.6 is 11.3 Å². The van der Waals surface area contributed by atoms with Crippen molar-refractivity contribution in [3.05, 3.63) is 89.0 Å². The molecule has 0 atom stereocenters. The quantitative estimate of drug-likeness (QED) is 0.426. The van der Waals surface area contributed by atoms with E-state index in [0.717, 1.165) is 21.5 Å². The van der Waals surface area contributed by atoms with Crippen LogP contribution in [-0.4, -0.2) is 18.0 Å². The van der Waals surface area contributed by atoms with Gasteiger partial charge >= 0.3 is 0 Å². The number of amides is 1. The maximum atomic E-state index is 13.4. The summed E-state index contributed by atoms with van der Waals surface area (Å²) in [5.41, 5.74) is 4.95. The lowest BCUT2D eigenvalue weighted by Gasteiger charge is -2.20. The molecular formula is C24H22N2O2S. The van der Waals surface area contributed by atoms with Gasteiger partial charge in [-0.05, 0) is 60.9 Å². The fourth-order valence-corrected chi connectivity index (χ4v) is 4.38. The molecule has 0 aliphatic rings. The van der Waals surface area contributed by atoms with Crippen LogP contribution in [-0.2, 0) is 6.54 Å².